The van der Waals surface area contributed by atoms with Gasteiger partial charge >= 0.3 is 0 Å². The first-order valence-electron chi connectivity index (χ1n) is 9.99. The van der Waals surface area contributed by atoms with E-state index in [2.05, 4.69) is 41.5 Å². The van der Waals surface area contributed by atoms with E-state index in [0.717, 1.165) is 35.5 Å². The third kappa shape index (κ3) is 4.17. The average molecular weight is 325 g/mol. The van der Waals surface area contributed by atoms with Crippen molar-refractivity contribution in [1.82, 2.24) is 0 Å². The highest BCUT2D eigenvalue weighted by Crippen LogP contribution is 2.51. The van der Waals surface area contributed by atoms with Crippen molar-refractivity contribution in [2.45, 2.75) is 91.1 Å². The highest BCUT2D eigenvalue weighted by atomic mass is 28.3. The summed E-state index contributed by atoms with van der Waals surface area (Å²) in [5, 5.41) is 0. The van der Waals surface area contributed by atoms with Crippen LogP contribution in [0.15, 0.2) is 0 Å². The van der Waals surface area contributed by atoms with Crippen LogP contribution in [0.1, 0.15) is 80.1 Å². The Morgan fingerprint density at radius 2 is 1.09 bits per heavy atom. The Balaban J connectivity index is 2.16. The lowest BCUT2D eigenvalue weighted by atomic mass is 9.76. The Hall–Kier alpha value is 0.177. The van der Waals surface area contributed by atoms with Gasteiger partial charge in [-0.2, -0.15) is 0 Å². The van der Waals surface area contributed by atoms with Gasteiger partial charge in [0, 0.05) is 0 Å². The monoisotopic (exact) mass is 324 g/mol. The summed E-state index contributed by atoms with van der Waals surface area (Å²) in [5.74, 6) is 4.75. The van der Waals surface area contributed by atoms with Gasteiger partial charge in [0.25, 0.3) is 0 Å². The molecule has 2 heteroatoms. The van der Waals surface area contributed by atoms with Crippen molar-refractivity contribution in [3.8, 4) is 0 Å². The van der Waals surface area contributed by atoms with Gasteiger partial charge in [0.05, 0.1) is 0 Å². The molecule has 22 heavy (non-hydrogen) atoms. The van der Waals surface area contributed by atoms with Gasteiger partial charge in [0.15, 0.2) is 9.04 Å². The molecule has 0 aromatic heterocycles. The predicted molar refractivity (Wildman–Crippen MR) is 99.6 cm³/mol. The number of rotatable bonds is 4. The summed E-state index contributed by atoms with van der Waals surface area (Å²) in [6, 6.07) is 0. The van der Waals surface area contributed by atoms with E-state index >= 15 is 0 Å². The molecule has 0 saturated heterocycles. The zero-order valence-electron chi connectivity index (χ0n) is 15.9. The minimum absolute atomic E-state index is 0.681. The Morgan fingerprint density at radius 3 is 1.41 bits per heavy atom. The standard InChI is InChI=1S/C20H40OSi/c1-13(2)17-9-7-15(5)11-19(17)22(21)20-12-16(6)8-10-18(20)14(3)4/h13-22H,7-12H2,1-6H3. The minimum atomic E-state index is -1.67. The molecule has 6 unspecified atom stereocenters. The van der Waals surface area contributed by atoms with Crippen molar-refractivity contribution in [2.75, 3.05) is 0 Å². The second-order valence-corrected chi connectivity index (χ2v) is 12.2. The molecule has 2 rings (SSSR count). The van der Waals surface area contributed by atoms with Gasteiger partial charge in [-0.25, -0.2) is 0 Å². The molecule has 0 radical (unpaired) electrons. The summed E-state index contributed by atoms with van der Waals surface area (Å²) < 4.78 is 0. The van der Waals surface area contributed by atoms with E-state index in [-0.39, 0.29) is 0 Å². The number of hydrogen-bond acceptors (Lipinski definition) is 1. The molecule has 0 heterocycles. The van der Waals surface area contributed by atoms with Crippen molar-refractivity contribution >= 4 is 9.04 Å². The van der Waals surface area contributed by atoms with E-state index in [4.69, 9.17) is 0 Å². The third-order valence-electron chi connectivity index (χ3n) is 7.02. The maximum atomic E-state index is 11.5. The van der Waals surface area contributed by atoms with Gasteiger partial charge in [-0.15, -0.1) is 0 Å². The fourth-order valence-electron chi connectivity index (χ4n) is 5.65. The first kappa shape index (κ1) is 18.5. The topological polar surface area (TPSA) is 20.2 Å². The van der Waals surface area contributed by atoms with Gasteiger partial charge < -0.3 is 4.80 Å². The molecule has 1 nitrogen and oxygen atoms in total. The SMILES string of the molecule is CC1CCC(C(C)C)C([SiH](O)C2CC(C)CCC2C(C)C)C1. The minimum Gasteiger partial charge on any atom is -0.434 e. The Morgan fingerprint density at radius 1 is 0.727 bits per heavy atom. The van der Waals surface area contributed by atoms with Gasteiger partial charge in [0.1, 0.15) is 0 Å². The molecule has 0 aromatic carbocycles. The van der Waals surface area contributed by atoms with Crippen LogP contribution in [0.25, 0.3) is 0 Å². The second kappa shape index (κ2) is 7.83. The van der Waals surface area contributed by atoms with Crippen LogP contribution in [0.4, 0.5) is 0 Å². The van der Waals surface area contributed by atoms with Crippen LogP contribution >= 0.6 is 0 Å². The molecule has 2 saturated carbocycles. The Kier molecular flexibility index (Phi) is 6.59. The maximum absolute atomic E-state index is 11.5. The highest BCUT2D eigenvalue weighted by Gasteiger charge is 2.44. The van der Waals surface area contributed by atoms with E-state index in [1.807, 2.05) is 0 Å². The first-order chi connectivity index (χ1) is 10.3. The van der Waals surface area contributed by atoms with E-state index in [0.29, 0.717) is 11.1 Å². The van der Waals surface area contributed by atoms with Crippen LogP contribution < -0.4 is 0 Å². The summed E-state index contributed by atoms with van der Waals surface area (Å²) in [7, 11) is -1.67. The molecular formula is C20H40OSi. The molecule has 0 bridgehead atoms. The summed E-state index contributed by atoms with van der Waals surface area (Å²) in [4.78, 5) is 11.5. The zero-order valence-corrected chi connectivity index (χ0v) is 17.0. The fourth-order valence-corrected chi connectivity index (χ4v) is 10.1. The van der Waals surface area contributed by atoms with E-state index in [1.165, 1.54) is 38.5 Å². The molecule has 0 spiro atoms. The van der Waals surface area contributed by atoms with Crippen molar-refractivity contribution in [3.05, 3.63) is 0 Å². The van der Waals surface area contributed by atoms with Crippen LogP contribution in [0.3, 0.4) is 0 Å². The van der Waals surface area contributed by atoms with Crippen LogP contribution in [0.5, 0.6) is 0 Å². The summed E-state index contributed by atoms with van der Waals surface area (Å²) in [6.07, 6.45) is 8.12. The largest absolute Gasteiger partial charge is 0.434 e. The van der Waals surface area contributed by atoms with Gasteiger partial charge in [-0.3, -0.25) is 0 Å². The lowest BCUT2D eigenvalue weighted by molar-refractivity contribution is 0.191. The summed E-state index contributed by atoms with van der Waals surface area (Å²) in [5.41, 5.74) is 1.36. The molecule has 2 aliphatic carbocycles. The smallest absolute Gasteiger partial charge is 0.179 e. The summed E-state index contributed by atoms with van der Waals surface area (Å²) >= 11 is 0. The summed E-state index contributed by atoms with van der Waals surface area (Å²) in [6.45, 7) is 14.4. The molecule has 2 fully saturated rings. The first-order valence-corrected chi connectivity index (χ1v) is 11.8. The lowest BCUT2D eigenvalue weighted by Crippen LogP contribution is -2.42. The van der Waals surface area contributed by atoms with Crippen LogP contribution in [0, 0.1) is 35.5 Å². The van der Waals surface area contributed by atoms with Crippen molar-refractivity contribution in [3.63, 3.8) is 0 Å². The lowest BCUT2D eigenvalue weighted by Gasteiger charge is -2.46. The molecule has 1 N–H and O–H groups in total. The third-order valence-corrected chi connectivity index (χ3v) is 10.3. The second-order valence-electron chi connectivity index (χ2n) is 9.47. The average Bonchev–Trinajstić information content (AvgIpc) is 2.45. The Bertz CT molecular complexity index is 309. The predicted octanol–water partition coefficient (Wildman–Crippen LogP) is 5.63. The molecule has 2 aliphatic rings. The highest BCUT2D eigenvalue weighted by molar-refractivity contribution is 6.54. The van der Waals surface area contributed by atoms with E-state index in [9.17, 15) is 4.80 Å². The van der Waals surface area contributed by atoms with Gasteiger partial charge in [0.2, 0.25) is 0 Å². The maximum Gasteiger partial charge on any atom is 0.179 e. The Labute approximate surface area is 141 Å². The van der Waals surface area contributed by atoms with Crippen molar-refractivity contribution in [1.29, 1.82) is 0 Å². The van der Waals surface area contributed by atoms with Crippen LogP contribution in [-0.2, 0) is 0 Å². The fraction of sp³-hybridized carbons (Fsp3) is 1.00. The molecule has 0 aliphatic heterocycles. The van der Waals surface area contributed by atoms with E-state index in [1.54, 1.807) is 0 Å². The van der Waals surface area contributed by atoms with Crippen LogP contribution in [0.2, 0.25) is 11.1 Å². The molecule has 6 atom stereocenters. The molecule has 130 valence electrons. The molecule has 0 aromatic rings. The van der Waals surface area contributed by atoms with Gasteiger partial charge in [-0.05, 0) is 72.3 Å². The quantitative estimate of drug-likeness (QED) is 0.665. The van der Waals surface area contributed by atoms with Gasteiger partial charge in [-0.1, -0.05) is 54.4 Å². The number of hydrogen-bond donors (Lipinski definition) is 1. The normalized spacial score (nSPS) is 41.9. The van der Waals surface area contributed by atoms with E-state index < -0.39 is 9.04 Å². The van der Waals surface area contributed by atoms with Crippen molar-refractivity contribution in [2.24, 2.45) is 35.5 Å². The molecule has 0 amide bonds. The van der Waals surface area contributed by atoms with Crippen molar-refractivity contribution < 1.29 is 4.80 Å². The molecular weight excluding hydrogens is 284 g/mol. The van der Waals surface area contributed by atoms with Crippen LogP contribution in [-0.4, -0.2) is 13.8 Å². The zero-order chi connectivity index (χ0) is 16.4.